The largest absolute Gasteiger partial charge is 0.392 e. The highest BCUT2D eigenvalue weighted by atomic mass is 16.5. The number of hydrogen-bond acceptors (Lipinski definition) is 6. The first kappa shape index (κ1) is 12.3. The van der Waals surface area contributed by atoms with Gasteiger partial charge in [0.1, 0.15) is 5.69 Å². The maximum atomic E-state index is 9.49. The van der Waals surface area contributed by atoms with Crippen LogP contribution < -0.4 is 5.32 Å². The van der Waals surface area contributed by atoms with Crippen molar-refractivity contribution in [1.82, 2.24) is 20.4 Å². The molecule has 0 spiro atoms. The van der Waals surface area contributed by atoms with Crippen LogP contribution in [-0.2, 0) is 0 Å². The van der Waals surface area contributed by atoms with Crippen molar-refractivity contribution >= 4 is 0 Å². The number of aryl methyl sites for hydroxylation is 2. The quantitative estimate of drug-likeness (QED) is 0.842. The molecule has 2 aromatic heterocycles. The summed E-state index contributed by atoms with van der Waals surface area (Å²) >= 11 is 0. The number of nitrogens with zero attached hydrogens (tertiary/aromatic N) is 3. The highest BCUT2D eigenvalue weighted by molar-refractivity contribution is 5.54. The molecule has 0 bridgehead atoms. The minimum absolute atomic E-state index is 0.0676. The molecule has 0 saturated carbocycles. The second-order valence-electron chi connectivity index (χ2n) is 4.98. The van der Waals surface area contributed by atoms with E-state index in [1.54, 1.807) is 6.20 Å². The lowest BCUT2D eigenvalue weighted by Crippen LogP contribution is -2.15. The minimum atomic E-state index is -0.348. The van der Waals surface area contributed by atoms with Crippen molar-refractivity contribution in [3.63, 3.8) is 0 Å². The third kappa shape index (κ3) is 2.36. The van der Waals surface area contributed by atoms with E-state index in [1.165, 1.54) is 0 Å². The van der Waals surface area contributed by atoms with Crippen molar-refractivity contribution < 1.29 is 9.63 Å². The van der Waals surface area contributed by atoms with E-state index in [4.69, 9.17) is 4.52 Å². The molecule has 0 aliphatic carbocycles. The average Bonchev–Trinajstić information content (AvgIpc) is 2.97. The lowest BCUT2D eigenvalue weighted by atomic mass is 10.1. The third-order valence-corrected chi connectivity index (χ3v) is 3.27. The lowest BCUT2D eigenvalue weighted by molar-refractivity contribution is 0.191. The van der Waals surface area contributed by atoms with Gasteiger partial charge in [0.05, 0.1) is 12.1 Å². The Hall–Kier alpha value is -1.79. The molecule has 2 N–H and O–H groups in total. The van der Waals surface area contributed by atoms with Gasteiger partial charge in [0.2, 0.25) is 11.7 Å². The molecule has 3 heterocycles. The molecule has 0 unspecified atom stereocenters. The summed E-state index contributed by atoms with van der Waals surface area (Å²) in [7, 11) is 0. The minimum Gasteiger partial charge on any atom is -0.392 e. The van der Waals surface area contributed by atoms with E-state index in [2.05, 4.69) is 20.4 Å². The lowest BCUT2D eigenvalue weighted by Gasteiger charge is -2.02. The topological polar surface area (TPSA) is 84.1 Å². The summed E-state index contributed by atoms with van der Waals surface area (Å²) in [5, 5.41) is 16.6. The molecular formula is C13H16N4O2. The SMILES string of the molecule is Cc1cnc(-c2noc([C@@H]3C[C@@H](O)CN3)n2)c(C)c1. The van der Waals surface area contributed by atoms with Gasteiger partial charge in [-0.25, -0.2) is 0 Å². The van der Waals surface area contributed by atoms with Crippen LogP contribution in [0.4, 0.5) is 0 Å². The van der Waals surface area contributed by atoms with Crippen molar-refractivity contribution in [1.29, 1.82) is 0 Å². The predicted molar refractivity (Wildman–Crippen MR) is 68.4 cm³/mol. The molecule has 0 radical (unpaired) electrons. The van der Waals surface area contributed by atoms with Crippen LogP contribution in [0.5, 0.6) is 0 Å². The Morgan fingerprint density at radius 1 is 1.42 bits per heavy atom. The average molecular weight is 260 g/mol. The van der Waals surface area contributed by atoms with Crippen LogP contribution in [0.3, 0.4) is 0 Å². The van der Waals surface area contributed by atoms with Gasteiger partial charge in [0.15, 0.2) is 0 Å². The Balaban J connectivity index is 1.88. The molecule has 1 aliphatic rings. The van der Waals surface area contributed by atoms with E-state index < -0.39 is 0 Å². The summed E-state index contributed by atoms with van der Waals surface area (Å²) in [5.41, 5.74) is 2.86. The molecule has 6 heteroatoms. The molecule has 0 aromatic carbocycles. The van der Waals surface area contributed by atoms with Gasteiger partial charge in [-0.15, -0.1) is 0 Å². The molecule has 3 rings (SSSR count). The molecular weight excluding hydrogens is 244 g/mol. The second-order valence-corrected chi connectivity index (χ2v) is 4.98. The van der Waals surface area contributed by atoms with Crippen LogP contribution in [0.25, 0.3) is 11.5 Å². The Kier molecular flexibility index (Phi) is 3.04. The second kappa shape index (κ2) is 4.71. The number of hydrogen-bond donors (Lipinski definition) is 2. The van der Waals surface area contributed by atoms with Crippen molar-refractivity contribution in [3.8, 4) is 11.5 Å². The van der Waals surface area contributed by atoms with Crippen LogP contribution in [0.1, 0.15) is 29.5 Å². The molecule has 1 fully saturated rings. The van der Waals surface area contributed by atoms with E-state index in [9.17, 15) is 5.11 Å². The van der Waals surface area contributed by atoms with Crippen molar-refractivity contribution in [2.45, 2.75) is 32.4 Å². The van der Waals surface area contributed by atoms with Gasteiger partial charge in [-0.2, -0.15) is 4.98 Å². The number of pyridine rings is 1. The Bertz CT molecular complexity index is 596. The van der Waals surface area contributed by atoms with Gasteiger partial charge >= 0.3 is 0 Å². The van der Waals surface area contributed by atoms with Gasteiger partial charge in [-0.05, 0) is 31.4 Å². The fourth-order valence-corrected chi connectivity index (χ4v) is 2.33. The Morgan fingerprint density at radius 2 is 2.26 bits per heavy atom. The molecule has 100 valence electrons. The van der Waals surface area contributed by atoms with Gasteiger partial charge in [-0.3, -0.25) is 4.98 Å². The summed E-state index contributed by atoms with van der Waals surface area (Å²) in [5.74, 6) is 1.00. The smallest absolute Gasteiger partial charge is 0.244 e. The van der Waals surface area contributed by atoms with Crippen molar-refractivity contribution in [2.75, 3.05) is 6.54 Å². The van der Waals surface area contributed by atoms with E-state index in [0.29, 0.717) is 24.7 Å². The zero-order valence-electron chi connectivity index (χ0n) is 10.9. The zero-order valence-corrected chi connectivity index (χ0v) is 10.9. The highest BCUT2D eigenvalue weighted by Crippen LogP contribution is 2.25. The van der Waals surface area contributed by atoms with E-state index >= 15 is 0 Å². The molecule has 19 heavy (non-hydrogen) atoms. The first-order valence-electron chi connectivity index (χ1n) is 6.32. The van der Waals surface area contributed by atoms with Crippen LogP contribution in [0.15, 0.2) is 16.8 Å². The number of β-amino-alcohol motifs (C(OH)–C–C–N with tert-alkyl or cyclic N) is 1. The summed E-state index contributed by atoms with van der Waals surface area (Å²) in [6.45, 7) is 4.53. The van der Waals surface area contributed by atoms with Crippen LogP contribution in [-0.4, -0.2) is 32.9 Å². The van der Waals surface area contributed by atoms with Crippen molar-refractivity contribution in [2.24, 2.45) is 0 Å². The van der Waals surface area contributed by atoms with Gasteiger partial charge in [-0.1, -0.05) is 11.2 Å². The molecule has 1 saturated heterocycles. The monoisotopic (exact) mass is 260 g/mol. The van der Waals surface area contributed by atoms with Gasteiger partial charge in [0, 0.05) is 12.7 Å². The summed E-state index contributed by atoms with van der Waals surface area (Å²) in [4.78, 5) is 8.72. The number of aromatic nitrogens is 3. The number of aliphatic hydroxyl groups is 1. The number of aliphatic hydroxyl groups excluding tert-OH is 1. The third-order valence-electron chi connectivity index (χ3n) is 3.27. The van der Waals surface area contributed by atoms with Gasteiger partial charge in [0.25, 0.3) is 0 Å². The van der Waals surface area contributed by atoms with E-state index in [1.807, 2.05) is 19.9 Å². The molecule has 2 aromatic rings. The van der Waals surface area contributed by atoms with E-state index in [-0.39, 0.29) is 12.1 Å². The van der Waals surface area contributed by atoms with Crippen LogP contribution in [0.2, 0.25) is 0 Å². The summed E-state index contributed by atoms with van der Waals surface area (Å²) < 4.78 is 5.26. The number of rotatable bonds is 2. The maximum Gasteiger partial charge on any atom is 0.244 e. The number of nitrogens with one attached hydrogen (secondary N) is 1. The zero-order chi connectivity index (χ0) is 13.4. The summed E-state index contributed by atoms with van der Waals surface area (Å²) in [6, 6.07) is 1.97. The van der Waals surface area contributed by atoms with E-state index in [0.717, 1.165) is 16.8 Å². The van der Waals surface area contributed by atoms with Crippen molar-refractivity contribution in [3.05, 3.63) is 29.3 Å². The molecule has 1 aliphatic heterocycles. The Morgan fingerprint density at radius 3 is 2.95 bits per heavy atom. The summed E-state index contributed by atoms with van der Waals surface area (Å²) in [6.07, 6.45) is 2.04. The van der Waals surface area contributed by atoms with Crippen LogP contribution >= 0.6 is 0 Å². The molecule has 6 nitrogen and oxygen atoms in total. The standard InChI is InChI=1S/C13H16N4O2/c1-7-3-8(2)11(15-5-7)12-16-13(19-17-12)10-4-9(18)6-14-10/h3,5,9-10,14,18H,4,6H2,1-2H3/t9-,10+/m1/s1. The molecule has 0 amide bonds. The normalized spacial score (nSPS) is 22.9. The van der Waals surface area contributed by atoms with Crippen LogP contribution in [0, 0.1) is 13.8 Å². The molecule has 2 atom stereocenters. The maximum absolute atomic E-state index is 9.49. The first-order valence-corrected chi connectivity index (χ1v) is 6.32. The fourth-order valence-electron chi connectivity index (χ4n) is 2.33. The first-order chi connectivity index (χ1) is 9.13. The predicted octanol–water partition coefficient (Wildman–Crippen LogP) is 1.14. The highest BCUT2D eigenvalue weighted by Gasteiger charge is 2.28. The van der Waals surface area contributed by atoms with Gasteiger partial charge < -0.3 is 14.9 Å². The Labute approximate surface area is 110 Å². The fraction of sp³-hybridized carbons (Fsp3) is 0.462.